The van der Waals surface area contributed by atoms with Crippen molar-refractivity contribution in [3.63, 3.8) is 0 Å². The van der Waals surface area contributed by atoms with Gasteiger partial charge in [-0.2, -0.15) is 9.97 Å². The molecule has 8 nitrogen and oxygen atoms in total. The predicted octanol–water partition coefficient (Wildman–Crippen LogP) is 1.27. The lowest BCUT2D eigenvalue weighted by atomic mass is 10.1. The van der Waals surface area contributed by atoms with Crippen LogP contribution in [0.2, 0.25) is 0 Å². The highest BCUT2D eigenvalue weighted by Crippen LogP contribution is 2.20. The fourth-order valence-corrected chi connectivity index (χ4v) is 2.72. The molecule has 24 heavy (non-hydrogen) atoms. The molecule has 0 aliphatic carbocycles. The summed E-state index contributed by atoms with van der Waals surface area (Å²) in [5, 5.41) is 13.7. The summed E-state index contributed by atoms with van der Waals surface area (Å²) in [6.07, 6.45) is 3.01. The van der Waals surface area contributed by atoms with Crippen LogP contribution in [0.3, 0.4) is 0 Å². The van der Waals surface area contributed by atoms with E-state index < -0.39 is 0 Å². The lowest BCUT2D eigenvalue weighted by molar-refractivity contribution is 0.198. The molecule has 1 atom stereocenters. The molecule has 0 radical (unpaired) electrons. The van der Waals surface area contributed by atoms with Crippen molar-refractivity contribution in [1.82, 2.24) is 20.1 Å². The molecular formula is C16H24N6O2. The zero-order valence-electron chi connectivity index (χ0n) is 14.4. The lowest BCUT2D eigenvalue weighted by Crippen LogP contribution is -2.25. The van der Waals surface area contributed by atoms with Gasteiger partial charge in [0.2, 0.25) is 11.8 Å². The molecule has 8 heteroatoms. The standard InChI is InChI=1S/C16H24N6O2/c1-11(2)8-15-18-13(20-24-15)10-21(3)16-17-6-4-14(19-16)22-7-5-12(23)9-22/h4,6,11-12,23H,5,7-10H2,1-3H3. The van der Waals surface area contributed by atoms with Gasteiger partial charge in [0, 0.05) is 32.8 Å². The summed E-state index contributed by atoms with van der Waals surface area (Å²) in [6.45, 7) is 6.14. The molecule has 0 saturated carbocycles. The SMILES string of the molecule is CC(C)Cc1nc(CN(C)c2nccc(N3CCC(O)C3)n2)no1. The molecule has 0 bridgehead atoms. The van der Waals surface area contributed by atoms with Crippen molar-refractivity contribution in [3.05, 3.63) is 24.0 Å². The number of hydrogen-bond acceptors (Lipinski definition) is 8. The minimum Gasteiger partial charge on any atom is -0.391 e. The Morgan fingerprint density at radius 3 is 2.96 bits per heavy atom. The van der Waals surface area contributed by atoms with Crippen LogP contribution in [0.1, 0.15) is 32.0 Å². The fraction of sp³-hybridized carbons (Fsp3) is 0.625. The first kappa shape index (κ1) is 16.6. The summed E-state index contributed by atoms with van der Waals surface area (Å²) in [5.74, 6) is 3.20. The van der Waals surface area contributed by atoms with E-state index in [-0.39, 0.29) is 6.10 Å². The van der Waals surface area contributed by atoms with E-state index in [4.69, 9.17) is 4.52 Å². The summed E-state index contributed by atoms with van der Waals surface area (Å²) < 4.78 is 5.26. The summed E-state index contributed by atoms with van der Waals surface area (Å²) in [5.41, 5.74) is 0. The van der Waals surface area contributed by atoms with Gasteiger partial charge in [0.25, 0.3) is 0 Å². The van der Waals surface area contributed by atoms with Crippen LogP contribution in [0.15, 0.2) is 16.8 Å². The van der Waals surface area contributed by atoms with E-state index in [9.17, 15) is 5.11 Å². The van der Waals surface area contributed by atoms with Crippen LogP contribution >= 0.6 is 0 Å². The summed E-state index contributed by atoms with van der Waals surface area (Å²) in [6, 6.07) is 1.87. The molecule has 3 rings (SSSR count). The average Bonchev–Trinajstić information content (AvgIpc) is 3.16. The van der Waals surface area contributed by atoms with Crippen molar-refractivity contribution >= 4 is 11.8 Å². The highest BCUT2D eigenvalue weighted by Gasteiger charge is 2.22. The second kappa shape index (κ2) is 7.12. The Morgan fingerprint density at radius 2 is 2.25 bits per heavy atom. The van der Waals surface area contributed by atoms with E-state index in [2.05, 4.69) is 38.9 Å². The maximum atomic E-state index is 9.68. The van der Waals surface area contributed by atoms with Crippen molar-refractivity contribution in [2.75, 3.05) is 29.9 Å². The van der Waals surface area contributed by atoms with E-state index in [0.29, 0.717) is 36.7 Å². The molecule has 1 fully saturated rings. The first-order valence-electron chi connectivity index (χ1n) is 8.30. The van der Waals surface area contributed by atoms with Crippen molar-refractivity contribution < 1.29 is 9.63 Å². The highest BCUT2D eigenvalue weighted by atomic mass is 16.5. The van der Waals surface area contributed by atoms with Crippen molar-refractivity contribution in [2.24, 2.45) is 5.92 Å². The van der Waals surface area contributed by atoms with Crippen molar-refractivity contribution in [2.45, 2.75) is 39.3 Å². The van der Waals surface area contributed by atoms with Gasteiger partial charge in [0.1, 0.15) is 5.82 Å². The monoisotopic (exact) mass is 332 g/mol. The topological polar surface area (TPSA) is 91.4 Å². The minimum absolute atomic E-state index is 0.278. The van der Waals surface area contributed by atoms with Crippen LogP contribution < -0.4 is 9.80 Å². The highest BCUT2D eigenvalue weighted by molar-refractivity contribution is 5.44. The van der Waals surface area contributed by atoms with E-state index in [1.165, 1.54) is 0 Å². The minimum atomic E-state index is -0.278. The smallest absolute Gasteiger partial charge is 0.227 e. The molecule has 2 aromatic heterocycles. The van der Waals surface area contributed by atoms with Crippen LogP contribution in [0.5, 0.6) is 0 Å². The Kier molecular flexibility index (Phi) is 4.94. The van der Waals surface area contributed by atoms with Gasteiger partial charge in [0.05, 0.1) is 12.6 Å². The Bertz CT molecular complexity index is 674. The molecule has 3 heterocycles. The molecule has 0 spiro atoms. The van der Waals surface area contributed by atoms with Crippen molar-refractivity contribution in [1.29, 1.82) is 0 Å². The number of anilines is 2. The zero-order chi connectivity index (χ0) is 17.1. The van der Waals surface area contributed by atoms with Gasteiger partial charge in [-0.25, -0.2) is 4.98 Å². The maximum absolute atomic E-state index is 9.68. The quantitative estimate of drug-likeness (QED) is 0.845. The maximum Gasteiger partial charge on any atom is 0.227 e. The number of nitrogens with zero attached hydrogens (tertiary/aromatic N) is 6. The fourth-order valence-electron chi connectivity index (χ4n) is 2.72. The number of β-amino-alcohol motifs (C(OH)–C–C–N with tert-alkyl or cyclic N) is 1. The van der Waals surface area contributed by atoms with Crippen LogP contribution in [-0.4, -0.2) is 51.5 Å². The molecule has 130 valence electrons. The van der Waals surface area contributed by atoms with Gasteiger partial charge in [-0.05, 0) is 18.4 Å². The van der Waals surface area contributed by atoms with Crippen LogP contribution in [0.25, 0.3) is 0 Å². The van der Waals surface area contributed by atoms with Gasteiger partial charge >= 0.3 is 0 Å². The number of aromatic nitrogens is 4. The van der Waals surface area contributed by atoms with Gasteiger partial charge in [0.15, 0.2) is 5.82 Å². The van der Waals surface area contributed by atoms with Crippen molar-refractivity contribution in [3.8, 4) is 0 Å². The van der Waals surface area contributed by atoms with E-state index in [1.807, 2.05) is 18.0 Å². The zero-order valence-corrected chi connectivity index (χ0v) is 14.4. The Labute approximate surface area is 141 Å². The summed E-state index contributed by atoms with van der Waals surface area (Å²) in [7, 11) is 1.90. The Morgan fingerprint density at radius 1 is 1.42 bits per heavy atom. The predicted molar refractivity (Wildman–Crippen MR) is 89.8 cm³/mol. The van der Waals surface area contributed by atoms with E-state index in [1.54, 1.807) is 6.20 Å². The van der Waals surface area contributed by atoms with E-state index >= 15 is 0 Å². The van der Waals surface area contributed by atoms with E-state index in [0.717, 1.165) is 25.2 Å². The van der Waals surface area contributed by atoms with Gasteiger partial charge in [-0.15, -0.1) is 0 Å². The normalized spacial score (nSPS) is 17.7. The second-order valence-corrected chi connectivity index (χ2v) is 6.66. The summed E-state index contributed by atoms with van der Waals surface area (Å²) in [4.78, 5) is 17.3. The van der Waals surface area contributed by atoms with Crippen LogP contribution in [0, 0.1) is 5.92 Å². The molecule has 1 N–H and O–H groups in total. The first-order valence-corrected chi connectivity index (χ1v) is 8.30. The molecule has 0 aromatic carbocycles. The average molecular weight is 332 g/mol. The number of aliphatic hydroxyl groups is 1. The number of hydrogen-bond donors (Lipinski definition) is 1. The van der Waals surface area contributed by atoms with Crippen LogP contribution in [-0.2, 0) is 13.0 Å². The largest absolute Gasteiger partial charge is 0.391 e. The van der Waals surface area contributed by atoms with Gasteiger partial charge < -0.3 is 19.4 Å². The number of aliphatic hydroxyl groups excluding tert-OH is 1. The summed E-state index contributed by atoms with van der Waals surface area (Å²) >= 11 is 0. The molecule has 1 aliphatic heterocycles. The second-order valence-electron chi connectivity index (χ2n) is 6.66. The van der Waals surface area contributed by atoms with Gasteiger partial charge in [-0.3, -0.25) is 0 Å². The molecule has 2 aromatic rings. The molecular weight excluding hydrogens is 308 g/mol. The third-order valence-corrected chi connectivity index (χ3v) is 3.93. The Hall–Kier alpha value is -2.22. The lowest BCUT2D eigenvalue weighted by Gasteiger charge is -2.20. The Balaban J connectivity index is 1.66. The molecule has 1 unspecified atom stereocenters. The van der Waals surface area contributed by atoms with Gasteiger partial charge in [-0.1, -0.05) is 19.0 Å². The van der Waals surface area contributed by atoms with Crippen LogP contribution in [0.4, 0.5) is 11.8 Å². The molecule has 0 amide bonds. The third kappa shape index (κ3) is 4.00. The molecule has 1 aliphatic rings. The number of rotatable bonds is 6. The first-order chi connectivity index (χ1) is 11.5. The third-order valence-electron chi connectivity index (χ3n) is 3.93. The molecule has 1 saturated heterocycles.